The lowest BCUT2D eigenvalue weighted by molar-refractivity contribution is -0.275. The molecule has 0 N–H and O–H groups in total. The van der Waals surface area contributed by atoms with E-state index in [2.05, 4.69) is 26.3 Å². The van der Waals surface area contributed by atoms with Crippen LogP contribution in [0.15, 0.2) is 50.6 Å². The molecule has 1 rings (SSSR count). The van der Waals surface area contributed by atoms with Crippen molar-refractivity contribution in [3.05, 3.63) is 50.6 Å². The molecule has 16 heteroatoms. The molecule has 2 unspecified atom stereocenters. The Labute approximate surface area is 315 Å². The van der Waals surface area contributed by atoms with Gasteiger partial charge in [0.15, 0.2) is 18.0 Å². The number of ether oxygens (including phenoxy) is 8. The lowest BCUT2D eigenvalue weighted by atomic mass is 10.0. The first-order valence-electron chi connectivity index (χ1n) is 17.9. The number of esters is 7. The molecule has 1 aliphatic heterocycles. The van der Waals surface area contributed by atoms with Crippen molar-refractivity contribution in [1.82, 2.24) is 0 Å². The lowest BCUT2D eigenvalue weighted by Crippen LogP contribution is -2.58. The van der Waals surface area contributed by atoms with Crippen molar-refractivity contribution in [2.45, 2.75) is 114 Å². The minimum atomic E-state index is -1.56. The summed E-state index contributed by atoms with van der Waals surface area (Å²) < 4.78 is 43.0. The van der Waals surface area contributed by atoms with Crippen LogP contribution in [-0.2, 0) is 76.3 Å². The second-order valence-corrected chi connectivity index (χ2v) is 11.8. The monoisotopic (exact) mass is 764 g/mol. The summed E-state index contributed by atoms with van der Waals surface area (Å²) in [5, 5.41) is 0. The van der Waals surface area contributed by atoms with Gasteiger partial charge < -0.3 is 37.9 Å². The van der Waals surface area contributed by atoms with Crippen LogP contribution in [-0.4, -0.2) is 98.6 Å². The molecule has 0 radical (unpaired) electrons. The van der Waals surface area contributed by atoms with Crippen molar-refractivity contribution in [2.24, 2.45) is 0 Å². The zero-order chi connectivity index (χ0) is 40.1. The van der Waals surface area contributed by atoms with Crippen molar-refractivity contribution < 1.29 is 76.3 Å². The third-order valence-electron chi connectivity index (χ3n) is 7.54. The van der Waals surface area contributed by atoms with Crippen LogP contribution in [0.3, 0.4) is 0 Å². The molecule has 0 aromatic rings. The summed E-state index contributed by atoms with van der Waals surface area (Å²) in [6.45, 7) is 13.1. The number of ketones is 1. The minimum absolute atomic E-state index is 0.0269. The highest BCUT2D eigenvalue weighted by atomic mass is 16.7. The topological polar surface area (TPSA) is 210 Å². The molecule has 0 aromatic carbocycles. The van der Waals surface area contributed by atoms with Crippen LogP contribution in [0.5, 0.6) is 0 Å². The highest BCUT2D eigenvalue weighted by Gasteiger charge is 2.49. The van der Waals surface area contributed by atoms with Crippen LogP contribution in [0.4, 0.5) is 0 Å². The largest absolute Gasteiger partial charge is 0.463 e. The standard InChI is InChI=1S/C38H52O16/c1-5-27(39)18-10-9-11-19-34(45)53-37-36(52-33(44)21-13-16-24-48-30(41)7-3)28(51-32(43)20-12-15-23-47-29(40)6-2)26-50-38(37)54-35(46)22-14-17-25-49-31(42)8-4/h5-8,28,36-38H,1-4,9-26H2/t28-,36?,37-,38?/m1/s1. The van der Waals surface area contributed by atoms with E-state index in [-0.39, 0.29) is 77.0 Å². The lowest BCUT2D eigenvalue weighted by Gasteiger charge is -2.40. The van der Waals surface area contributed by atoms with Gasteiger partial charge in [-0.3, -0.25) is 24.0 Å². The number of hydrogen-bond donors (Lipinski definition) is 0. The first kappa shape index (κ1) is 46.9. The smallest absolute Gasteiger partial charge is 0.330 e. The quantitative estimate of drug-likeness (QED) is 0.0456. The predicted molar refractivity (Wildman–Crippen MR) is 189 cm³/mol. The minimum Gasteiger partial charge on any atom is -0.463 e. The second kappa shape index (κ2) is 28.4. The van der Waals surface area contributed by atoms with Gasteiger partial charge in [0.25, 0.3) is 0 Å². The number of unbranched alkanes of at least 4 members (excludes halogenated alkanes) is 5. The van der Waals surface area contributed by atoms with Crippen molar-refractivity contribution in [3.63, 3.8) is 0 Å². The van der Waals surface area contributed by atoms with Gasteiger partial charge in [0, 0.05) is 50.3 Å². The molecule has 1 heterocycles. The molecule has 0 amide bonds. The van der Waals surface area contributed by atoms with E-state index < -0.39 is 73.0 Å². The summed E-state index contributed by atoms with van der Waals surface area (Å²) in [4.78, 5) is 97.2. The van der Waals surface area contributed by atoms with Crippen LogP contribution in [0.2, 0.25) is 0 Å². The number of carbonyl (C=O) groups excluding carboxylic acids is 8. The summed E-state index contributed by atoms with van der Waals surface area (Å²) in [7, 11) is 0. The molecule has 1 aliphatic rings. The molecule has 0 aromatic heterocycles. The molecular weight excluding hydrogens is 712 g/mol. The first-order chi connectivity index (χ1) is 25.9. The van der Waals surface area contributed by atoms with Crippen molar-refractivity contribution in [1.29, 1.82) is 0 Å². The molecule has 16 nitrogen and oxygen atoms in total. The molecule has 4 atom stereocenters. The van der Waals surface area contributed by atoms with E-state index in [1.807, 2.05) is 0 Å². The van der Waals surface area contributed by atoms with E-state index >= 15 is 0 Å². The Balaban J connectivity index is 3.12. The normalized spacial score (nSPS) is 17.4. The van der Waals surface area contributed by atoms with Crippen molar-refractivity contribution in [2.75, 3.05) is 26.4 Å². The molecule has 300 valence electrons. The Kier molecular flexibility index (Phi) is 24.7. The van der Waals surface area contributed by atoms with Crippen LogP contribution >= 0.6 is 0 Å². The average molecular weight is 765 g/mol. The Morgan fingerprint density at radius 1 is 0.463 bits per heavy atom. The summed E-state index contributed by atoms with van der Waals surface area (Å²) in [6.07, 6.45) is 1.32. The van der Waals surface area contributed by atoms with Gasteiger partial charge in [-0.05, 0) is 57.4 Å². The second-order valence-electron chi connectivity index (χ2n) is 11.8. The number of rotatable bonds is 29. The van der Waals surface area contributed by atoms with Gasteiger partial charge in [-0.1, -0.05) is 32.7 Å². The van der Waals surface area contributed by atoms with Gasteiger partial charge in [-0.25, -0.2) is 14.4 Å². The van der Waals surface area contributed by atoms with Gasteiger partial charge in [-0.15, -0.1) is 0 Å². The highest BCUT2D eigenvalue weighted by molar-refractivity contribution is 5.89. The zero-order valence-corrected chi connectivity index (χ0v) is 30.7. The third-order valence-corrected chi connectivity index (χ3v) is 7.54. The van der Waals surface area contributed by atoms with Gasteiger partial charge in [0.1, 0.15) is 0 Å². The molecule has 0 spiro atoms. The Morgan fingerprint density at radius 2 is 0.852 bits per heavy atom. The third kappa shape index (κ3) is 21.4. The number of allylic oxidation sites excluding steroid dienone is 1. The fourth-order valence-corrected chi connectivity index (χ4v) is 4.71. The molecule has 0 aliphatic carbocycles. The van der Waals surface area contributed by atoms with Crippen LogP contribution in [0, 0.1) is 0 Å². The van der Waals surface area contributed by atoms with Crippen LogP contribution in [0.25, 0.3) is 0 Å². The summed E-state index contributed by atoms with van der Waals surface area (Å²) in [5.74, 6) is -4.95. The van der Waals surface area contributed by atoms with Gasteiger partial charge in [-0.2, -0.15) is 0 Å². The summed E-state index contributed by atoms with van der Waals surface area (Å²) >= 11 is 0. The average Bonchev–Trinajstić information content (AvgIpc) is 3.15. The van der Waals surface area contributed by atoms with Crippen molar-refractivity contribution >= 4 is 47.6 Å². The molecule has 54 heavy (non-hydrogen) atoms. The molecule has 1 fully saturated rings. The number of hydrogen-bond acceptors (Lipinski definition) is 16. The fourth-order valence-electron chi connectivity index (χ4n) is 4.71. The summed E-state index contributed by atoms with van der Waals surface area (Å²) in [5.41, 5.74) is 0. The number of carbonyl (C=O) groups is 8. The fraction of sp³-hybridized carbons (Fsp3) is 0.579. The van der Waals surface area contributed by atoms with E-state index in [1.54, 1.807) is 0 Å². The Morgan fingerprint density at radius 3 is 1.30 bits per heavy atom. The maximum absolute atomic E-state index is 13.1. The predicted octanol–water partition coefficient (Wildman–Crippen LogP) is 4.03. The molecular formula is C38H52O16. The van der Waals surface area contributed by atoms with Gasteiger partial charge in [0.05, 0.1) is 26.4 Å². The van der Waals surface area contributed by atoms with Gasteiger partial charge >= 0.3 is 41.8 Å². The first-order valence-corrected chi connectivity index (χ1v) is 17.9. The van der Waals surface area contributed by atoms with E-state index in [0.29, 0.717) is 38.5 Å². The van der Waals surface area contributed by atoms with E-state index in [0.717, 1.165) is 18.2 Å². The molecule has 0 bridgehead atoms. The van der Waals surface area contributed by atoms with Gasteiger partial charge in [0.2, 0.25) is 12.4 Å². The molecule has 0 saturated carbocycles. The van der Waals surface area contributed by atoms with E-state index in [4.69, 9.17) is 37.9 Å². The Hall–Kier alpha value is -5.12. The highest BCUT2D eigenvalue weighted by Crippen LogP contribution is 2.27. The van der Waals surface area contributed by atoms with Crippen LogP contribution < -0.4 is 0 Å². The Bertz CT molecular complexity index is 1210. The maximum atomic E-state index is 13.1. The molecule has 1 saturated heterocycles. The van der Waals surface area contributed by atoms with E-state index in [1.165, 1.54) is 6.08 Å². The SMILES string of the molecule is C=CC(=O)CCCCCC(=O)O[C@H]1C(OC(=O)CCCCOC(=O)C=C)OC[C@@H](OC(=O)CCCCOC(=O)C=C)C1OC(=O)CCCCOC(=O)C=C. The van der Waals surface area contributed by atoms with Crippen LogP contribution in [0.1, 0.15) is 89.9 Å². The summed E-state index contributed by atoms with van der Waals surface area (Å²) in [6, 6.07) is 0. The maximum Gasteiger partial charge on any atom is 0.330 e. The van der Waals surface area contributed by atoms with E-state index in [9.17, 15) is 38.4 Å². The zero-order valence-electron chi connectivity index (χ0n) is 30.7. The van der Waals surface area contributed by atoms with Crippen molar-refractivity contribution in [3.8, 4) is 0 Å².